The van der Waals surface area contributed by atoms with Gasteiger partial charge in [0.25, 0.3) is 0 Å². The van der Waals surface area contributed by atoms with Crippen LogP contribution in [-0.4, -0.2) is 44.2 Å². The first-order valence-electron chi connectivity index (χ1n) is 10.0. The summed E-state index contributed by atoms with van der Waals surface area (Å²) < 4.78 is 11.3. The van der Waals surface area contributed by atoms with Crippen LogP contribution in [0.2, 0.25) is 0 Å². The number of ether oxygens (including phenoxy) is 2. The predicted octanol–water partition coefficient (Wildman–Crippen LogP) is 3.50. The van der Waals surface area contributed by atoms with Crippen LogP contribution in [0.4, 0.5) is 0 Å². The highest BCUT2D eigenvalue weighted by atomic mass is 16.5. The molecule has 5 nitrogen and oxygen atoms in total. The Morgan fingerprint density at radius 1 is 1.08 bits per heavy atom. The number of carbonyl (C=O) groups is 2. The molecule has 1 unspecified atom stereocenters. The topological polar surface area (TPSA) is 64.6 Å². The lowest BCUT2D eigenvalue weighted by Gasteiger charge is -2.26. The van der Waals surface area contributed by atoms with Crippen molar-refractivity contribution in [3.63, 3.8) is 0 Å². The van der Waals surface area contributed by atoms with E-state index < -0.39 is 0 Å². The Balaban J connectivity index is 1.89. The molecule has 1 aliphatic carbocycles. The maximum Gasteiger partial charge on any atom is 0.220 e. The number of carbonyl (C=O) groups excluding carboxylic acids is 2. The van der Waals surface area contributed by atoms with Gasteiger partial charge in [-0.25, -0.2) is 0 Å². The number of Topliss-reactive ketones (excluding diaryl/α,β-unsaturated/α-hetero) is 1. The molecule has 0 heterocycles. The summed E-state index contributed by atoms with van der Waals surface area (Å²) in [6.45, 7) is 8.32. The zero-order valence-corrected chi connectivity index (χ0v) is 16.4. The van der Waals surface area contributed by atoms with Gasteiger partial charge in [-0.15, -0.1) is 0 Å². The molecule has 1 aliphatic rings. The van der Waals surface area contributed by atoms with Gasteiger partial charge in [0.15, 0.2) is 0 Å². The molecule has 0 bridgehead atoms. The maximum atomic E-state index is 11.7. The Morgan fingerprint density at radius 2 is 1.80 bits per heavy atom. The normalized spacial score (nSPS) is 21.7. The standard InChI is InChI=1S/C20H37NO4/c1-4-17(3)19(22)11-14-24-15-12-21-20(23)6-5-13-25-18-9-7-16(2)8-10-18/h16-18H,4-15H2,1-3H3,(H,21,23). The third-order valence-electron chi connectivity index (χ3n) is 5.09. The zero-order chi connectivity index (χ0) is 18.5. The smallest absolute Gasteiger partial charge is 0.220 e. The van der Waals surface area contributed by atoms with Crippen LogP contribution in [0.5, 0.6) is 0 Å². The Labute approximate surface area is 153 Å². The fraction of sp³-hybridized carbons (Fsp3) is 0.900. The second-order valence-corrected chi connectivity index (χ2v) is 7.34. The second-order valence-electron chi connectivity index (χ2n) is 7.34. The van der Waals surface area contributed by atoms with E-state index in [0.717, 1.165) is 31.6 Å². The van der Waals surface area contributed by atoms with E-state index in [0.29, 0.717) is 45.3 Å². The third kappa shape index (κ3) is 10.6. The molecule has 0 saturated heterocycles. The van der Waals surface area contributed by atoms with Crippen molar-refractivity contribution in [1.29, 1.82) is 0 Å². The molecule has 25 heavy (non-hydrogen) atoms. The molecule has 0 aromatic carbocycles. The highest BCUT2D eigenvalue weighted by Crippen LogP contribution is 2.25. The Hall–Kier alpha value is -0.940. The van der Waals surface area contributed by atoms with E-state index in [9.17, 15) is 9.59 Å². The summed E-state index contributed by atoms with van der Waals surface area (Å²) in [4.78, 5) is 23.4. The number of nitrogens with one attached hydrogen (secondary N) is 1. The van der Waals surface area contributed by atoms with Gasteiger partial charge in [-0.2, -0.15) is 0 Å². The van der Waals surface area contributed by atoms with E-state index in [1.54, 1.807) is 0 Å². The lowest BCUT2D eigenvalue weighted by atomic mass is 9.89. The molecule has 1 fully saturated rings. The summed E-state index contributed by atoms with van der Waals surface area (Å²) in [6, 6.07) is 0. The van der Waals surface area contributed by atoms with Crippen molar-refractivity contribution in [2.24, 2.45) is 11.8 Å². The number of amides is 1. The van der Waals surface area contributed by atoms with Crippen molar-refractivity contribution in [3.05, 3.63) is 0 Å². The Morgan fingerprint density at radius 3 is 2.48 bits per heavy atom. The summed E-state index contributed by atoms with van der Waals surface area (Å²) in [5, 5.41) is 2.84. The number of ketones is 1. The first-order valence-corrected chi connectivity index (χ1v) is 10.0. The quantitative estimate of drug-likeness (QED) is 0.514. The minimum absolute atomic E-state index is 0.0418. The minimum Gasteiger partial charge on any atom is -0.379 e. The van der Waals surface area contributed by atoms with Crippen LogP contribution in [0.3, 0.4) is 0 Å². The van der Waals surface area contributed by atoms with Crippen LogP contribution < -0.4 is 5.32 Å². The van der Waals surface area contributed by atoms with E-state index >= 15 is 0 Å². The van der Waals surface area contributed by atoms with E-state index in [1.807, 2.05) is 13.8 Å². The monoisotopic (exact) mass is 355 g/mol. The molecule has 1 N–H and O–H groups in total. The summed E-state index contributed by atoms with van der Waals surface area (Å²) in [6.07, 6.45) is 7.82. The van der Waals surface area contributed by atoms with Crippen LogP contribution >= 0.6 is 0 Å². The van der Waals surface area contributed by atoms with E-state index in [2.05, 4.69) is 12.2 Å². The summed E-state index contributed by atoms with van der Waals surface area (Å²) in [5.74, 6) is 1.24. The second kappa shape index (κ2) is 13.3. The highest BCUT2D eigenvalue weighted by Gasteiger charge is 2.18. The van der Waals surface area contributed by atoms with Gasteiger partial charge in [-0.3, -0.25) is 9.59 Å². The third-order valence-corrected chi connectivity index (χ3v) is 5.09. The summed E-state index contributed by atoms with van der Waals surface area (Å²) in [7, 11) is 0. The van der Waals surface area contributed by atoms with Crippen molar-refractivity contribution in [1.82, 2.24) is 5.32 Å². The highest BCUT2D eigenvalue weighted by molar-refractivity contribution is 5.80. The van der Waals surface area contributed by atoms with Crippen LogP contribution in [0, 0.1) is 11.8 Å². The van der Waals surface area contributed by atoms with E-state index in [1.165, 1.54) is 12.8 Å². The molecular weight excluding hydrogens is 318 g/mol. The maximum absolute atomic E-state index is 11.7. The molecule has 146 valence electrons. The SMILES string of the molecule is CCC(C)C(=O)CCOCCNC(=O)CCCOC1CCC(C)CC1. The van der Waals surface area contributed by atoms with Crippen molar-refractivity contribution >= 4 is 11.7 Å². The number of rotatable bonds is 13. The van der Waals surface area contributed by atoms with E-state index in [4.69, 9.17) is 9.47 Å². The van der Waals surface area contributed by atoms with Crippen molar-refractivity contribution in [3.8, 4) is 0 Å². The summed E-state index contributed by atoms with van der Waals surface area (Å²) >= 11 is 0. The molecule has 0 aromatic rings. The number of hydrogen-bond donors (Lipinski definition) is 1. The molecule has 0 spiro atoms. The lowest BCUT2D eigenvalue weighted by Crippen LogP contribution is -2.28. The van der Waals surface area contributed by atoms with Crippen molar-refractivity contribution in [2.75, 3.05) is 26.4 Å². The van der Waals surface area contributed by atoms with Gasteiger partial charge in [-0.05, 0) is 44.4 Å². The molecule has 1 atom stereocenters. The Kier molecular flexibility index (Phi) is 11.7. The fourth-order valence-corrected chi connectivity index (χ4v) is 2.98. The van der Waals surface area contributed by atoms with Gasteiger partial charge >= 0.3 is 0 Å². The van der Waals surface area contributed by atoms with Crippen LogP contribution in [0.25, 0.3) is 0 Å². The van der Waals surface area contributed by atoms with Gasteiger partial charge in [0.2, 0.25) is 5.91 Å². The molecule has 5 heteroatoms. The molecule has 1 amide bonds. The van der Waals surface area contributed by atoms with Crippen molar-refractivity contribution < 1.29 is 19.1 Å². The molecular formula is C20H37NO4. The molecule has 0 radical (unpaired) electrons. The fourth-order valence-electron chi connectivity index (χ4n) is 2.98. The van der Waals surface area contributed by atoms with Gasteiger partial charge in [0.05, 0.1) is 19.3 Å². The van der Waals surface area contributed by atoms with Crippen molar-refractivity contribution in [2.45, 2.75) is 78.2 Å². The average molecular weight is 356 g/mol. The lowest BCUT2D eigenvalue weighted by molar-refractivity contribution is -0.124. The minimum atomic E-state index is 0.0418. The predicted molar refractivity (Wildman–Crippen MR) is 99.5 cm³/mol. The number of hydrogen-bond acceptors (Lipinski definition) is 4. The van der Waals surface area contributed by atoms with E-state index in [-0.39, 0.29) is 17.6 Å². The molecule has 0 aromatic heterocycles. The Bertz CT molecular complexity index is 378. The molecule has 1 rings (SSSR count). The van der Waals surface area contributed by atoms with Gasteiger partial charge < -0.3 is 14.8 Å². The average Bonchev–Trinajstić information content (AvgIpc) is 2.62. The molecule has 1 saturated carbocycles. The van der Waals surface area contributed by atoms with Gasteiger partial charge in [0.1, 0.15) is 5.78 Å². The van der Waals surface area contributed by atoms with Gasteiger partial charge in [-0.1, -0.05) is 20.8 Å². The van der Waals surface area contributed by atoms with Crippen LogP contribution in [0.15, 0.2) is 0 Å². The van der Waals surface area contributed by atoms with Gasteiger partial charge in [0, 0.05) is 31.9 Å². The van der Waals surface area contributed by atoms with Crippen LogP contribution in [-0.2, 0) is 19.1 Å². The summed E-state index contributed by atoms with van der Waals surface area (Å²) in [5.41, 5.74) is 0. The largest absolute Gasteiger partial charge is 0.379 e. The first kappa shape index (κ1) is 22.1. The zero-order valence-electron chi connectivity index (χ0n) is 16.4. The molecule has 0 aliphatic heterocycles. The van der Waals surface area contributed by atoms with Crippen LogP contribution in [0.1, 0.15) is 72.1 Å². The first-order chi connectivity index (χ1) is 12.0.